The summed E-state index contributed by atoms with van der Waals surface area (Å²) in [5.74, 6) is -0.826. The number of carbonyl (C=O) groups is 1. The van der Waals surface area contributed by atoms with Gasteiger partial charge in [-0.3, -0.25) is 4.79 Å². The zero-order valence-corrected chi connectivity index (χ0v) is 11.6. The maximum absolute atomic E-state index is 11.4. The van der Waals surface area contributed by atoms with Gasteiger partial charge in [0.05, 0.1) is 22.8 Å². The monoisotopic (exact) mass is 261 g/mol. The normalized spacial score (nSPS) is 13.7. The number of imidazole rings is 1. The SMILES string of the molecule is CNC(c1ccc2c(c1)ncn2C)C(C)(C)C(=O)O. The van der Waals surface area contributed by atoms with Crippen LogP contribution in [0, 0.1) is 5.41 Å². The van der Waals surface area contributed by atoms with Crippen molar-refractivity contribution in [2.75, 3.05) is 7.05 Å². The number of nitrogens with one attached hydrogen (secondary N) is 1. The van der Waals surface area contributed by atoms with Gasteiger partial charge in [0.25, 0.3) is 0 Å². The van der Waals surface area contributed by atoms with Crippen LogP contribution in [0.2, 0.25) is 0 Å². The second-order valence-corrected chi connectivity index (χ2v) is 5.35. The third kappa shape index (κ3) is 2.21. The third-order valence-corrected chi connectivity index (χ3v) is 3.64. The Labute approximate surface area is 112 Å². The number of aryl methyl sites for hydroxylation is 1. The number of carboxylic acid groups (broad SMARTS) is 1. The average molecular weight is 261 g/mol. The Morgan fingerprint density at radius 1 is 1.47 bits per heavy atom. The van der Waals surface area contributed by atoms with Crippen molar-refractivity contribution >= 4 is 17.0 Å². The van der Waals surface area contributed by atoms with Crippen LogP contribution in [0.15, 0.2) is 24.5 Å². The van der Waals surface area contributed by atoms with Gasteiger partial charge in [-0.05, 0) is 38.6 Å². The lowest BCUT2D eigenvalue weighted by Crippen LogP contribution is -2.38. The van der Waals surface area contributed by atoms with Crippen molar-refractivity contribution in [3.63, 3.8) is 0 Å². The van der Waals surface area contributed by atoms with Crippen LogP contribution in [0.4, 0.5) is 0 Å². The van der Waals surface area contributed by atoms with Gasteiger partial charge < -0.3 is 15.0 Å². The van der Waals surface area contributed by atoms with E-state index in [2.05, 4.69) is 10.3 Å². The lowest BCUT2D eigenvalue weighted by atomic mass is 9.80. The topological polar surface area (TPSA) is 67.2 Å². The largest absolute Gasteiger partial charge is 0.481 e. The van der Waals surface area contributed by atoms with Gasteiger partial charge in [0, 0.05) is 13.1 Å². The number of aromatic nitrogens is 2. The molecule has 0 spiro atoms. The highest BCUT2D eigenvalue weighted by molar-refractivity contribution is 5.78. The molecule has 5 heteroatoms. The van der Waals surface area contributed by atoms with E-state index < -0.39 is 11.4 Å². The van der Waals surface area contributed by atoms with Crippen LogP contribution in [0.25, 0.3) is 11.0 Å². The van der Waals surface area contributed by atoms with E-state index in [-0.39, 0.29) is 6.04 Å². The van der Waals surface area contributed by atoms with E-state index in [4.69, 9.17) is 0 Å². The number of hydrogen-bond acceptors (Lipinski definition) is 3. The molecule has 0 amide bonds. The van der Waals surface area contributed by atoms with Gasteiger partial charge in [0.2, 0.25) is 0 Å². The highest BCUT2D eigenvalue weighted by Gasteiger charge is 2.37. The summed E-state index contributed by atoms with van der Waals surface area (Å²) in [5.41, 5.74) is 1.95. The van der Waals surface area contributed by atoms with E-state index in [0.29, 0.717) is 0 Å². The molecule has 0 aliphatic heterocycles. The molecule has 2 N–H and O–H groups in total. The zero-order chi connectivity index (χ0) is 14.2. The van der Waals surface area contributed by atoms with E-state index in [1.807, 2.05) is 29.8 Å². The van der Waals surface area contributed by atoms with Crippen molar-refractivity contribution in [1.82, 2.24) is 14.9 Å². The van der Waals surface area contributed by atoms with Crippen molar-refractivity contribution in [2.24, 2.45) is 12.5 Å². The van der Waals surface area contributed by atoms with Crippen molar-refractivity contribution in [3.8, 4) is 0 Å². The summed E-state index contributed by atoms with van der Waals surface area (Å²) in [6.07, 6.45) is 1.76. The number of aliphatic carboxylic acids is 1. The highest BCUT2D eigenvalue weighted by atomic mass is 16.4. The minimum Gasteiger partial charge on any atom is -0.481 e. The number of nitrogens with zero attached hydrogens (tertiary/aromatic N) is 2. The molecule has 1 unspecified atom stereocenters. The summed E-state index contributed by atoms with van der Waals surface area (Å²) in [5, 5.41) is 12.5. The molecule has 0 radical (unpaired) electrons. The van der Waals surface area contributed by atoms with Gasteiger partial charge >= 0.3 is 5.97 Å². The predicted octanol–water partition coefficient (Wildman–Crippen LogP) is 1.94. The number of hydrogen-bond donors (Lipinski definition) is 2. The Balaban J connectivity index is 2.49. The van der Waals surface area contributed by atoms with E-state index in [0.717, 1.165) is 16.6 Å². The number of fused-ring (bicyclic) bond motifs is 1. The molecule has 1 heterocycles. The van der Waals surface area contributed by atoms with Crippen molar-refractivity contribution in [3.05, 3.63) is 30.1 Å². The van der Waals surface area contributed by atoms with Crippen LogP contribution in [0.3, 0.4) is 0 Å². The molecule has 1 aromatic carbocycles. The van der Waals surface area contributed by atoms with Crippen LogP contribution in [0.1, 0.15) is 25.5 Å². The van der Waals surface area contributed by atoms with Crippen LogP contribution >= 0.6 is 0 Å². The fraction of sp³-hybridized carbons (Fsp3) is 0.429. The standard InChI is InChI=1S/C14H19N3O2/c1-14(2,13(18)19)12(15-3)9-5-6-11-10(7-9)16-8-17(11)4/h5-8,12,15H,1-4H3,(H,18,19). The van der Waals surface area contributed by atoms with Crippen LogP contribution in [-0.2, 0) is 11.8 Å². The third-order valence-electron chi connectivity index (χ3n) is 3.64. The van der Waals surface area contributed by atoms with E-state index in [1.165, 1.54) is 0 Å². The lowest BCUT2D eigenvalue weighted by molar-refractivity contribution is -0.148. The molecule has 0 aliphatic rings. The van der Waals surface area contributed by atoms with Gasteiger partial charge in [0.15, 0.2) is 0 Å². The van der Waals surface area contributed by atoms with Crippen LogP contribution in [0.5, 0.6) is 0 Å². The summed E-state index contributed by atoms with van der Waals surface area (Å²) < 4.78 is 1.94. The Morgan fingerprint density at radius 3 is 2.74 bits per heavy atom. The molecule has 0 saturated carbocycles. The predicted molar refractivity (Wildman–Crippen MR) is 73.9 cm³/mol. The van der Waals surface area contributed by atoms with E-state index in [1.54, 1.807) is 27.2 Å². The molecule has 1 aromatic heterocycles. The first-order valence-electron chi connectivity index (χ1n) is 6.19. The van der Waals surface area contributed by atoms with Crippen molar-refractivity contribution in [2.45, 2.75) is 19.9 Å². The Hall–Kier alpha value is -1.88. The molecular weight excluding hydrogens is 242 g/mol. The second kappa shape index (κ2) is 4.66. The molecular formula is C14H19N3O2. The van der Waals surface area contributed by atoms with Gasteiger partial charge in [0.1, 0.15) is 0 Å². The molecule has 0 saturated heterocycles. The Kier molecular flexibility index (Phi) is 3.32. The molecule has 0 bridgehead atoms. The molecule has 2 aromatic rings. The first-order valence-corrected chi connectivity index (χ1v) is 6.19. The summed E-state index contributed by atoms with van der Waals surface area (Å²) in [4.78, 5) is 15.7. The van der Waals surface area contributed by atoms with Gasteiger partial charge in [-0.2, -0.15) is 0 Å². The highest BCUT2D eigenvalue weighted by Crippen LogP contribution is 2.34. The Morgan fingerprint density at radius 2 is 2.16 bits per heavy atom. The molecule has 1 atom stereocenters. The lowest BCUT2D eigenvalue weighted by Gasteiger charge is -2.30. The smallest absolute Gasteiger partial charge is 0.311 e. The fourth-order valence-corrected chi connectivity index (χ4v) is 2.40. The second-order valence-electron chi connectivity index (χ2n) is 5.35. The minimum absolute atomic E-state index is 0.267. The molecule has 2 rings (SSSR count). The zero-order valence-electron chi connectivity index (χ0n) is 11.6. The quantitative estimate of drug-likeness (QED) is 0.882. The number of rotatable bonds is 4. The molecule has 0 fully saturated rings. The number of carboxylic acids is 1. The van der Waals surface area contributed by atoms with Crippen LogP contribution in [-0.4, -0.2) is 27.7 Å². The van der Waals surface area contributed by atoms with Gasteiger partial charge in [-0.1, -0.05) is 6.07 Å². The molecule has 102 valence electrons. The van der Waals surface area contributed by atoms with E-state index >= 15 is 0 Å². The number of benzene rings is 1. The fourth-order valence-electron chi connectivity index (χ4n) is 2.40. The van der Waals surface area contributed by atoms with Crippen molar-refractivity contribution in [1.29, 1.82) is 0 Å². The van der Waals surface area contributed by atoms with Gasteiger partial charge in [-0.25, -0.2) is 4.98 Å². The summed E-state index contributed by atoms with van der Waals surface area (Å²) in [7, 11) is 3.71. The Bertz CT molecular complexity index is 616. The summed E-state index contributed by atoms with van der Waals surface area (Å²) in [6, 6.07) is 5.60. The summed E-state index contributed by atoms with van der Waals surface area (Å²) in [6.45, 7) is 3.44. The maximum atomic E-state index is 11.4. The van der Waals surface area contributed by atoms with Crippen LogP contribution < -0.4 is 5.32 Å². The minimum atomic E-state index is -0.892. The maximum Gasteiger partial charge on any atom is 0.311 e. The molecule has 0 aliphatic carbocycles. The first-order chi connectivity index (χ1) is 8.87. The molecule has 5 nitrogen and oxygen atoms in total. The summed E-state index contributed by atoms with van der Waals surface area (Å²) >= 11 is 0. The van der Waals surface area contributed by atoms with Crippen molar-refractivity contribution < 1.29 is 9.90 Å². The van der Waals surface area contributed by atoms with Gasteiger partial charge in [-0.15, -0.1) is 0 Å². The average Bonchev–Trinajstić information content (AvgIpc) is 2.71. The first kappa shape index (κ1) is 13.5. The van der Waals surface area contributed by atoms with E-state index in [9.17, 15) is 9.90 Å². The molecule has 19 heavy (non-hydrogen) atoms.